The monoisotopic (exact) mass is 505 g/mol. The number of carbonyl (C=O) groups is 1. The van der Waals surface area contributed by atoms with Crippen molar-refractivity contribution >= 4 is 34.8 Å². The summed E-state index contributed by atoms with van der Waals surface area (Å²) in [6.07, 6.45) is 6.81. The molecule has 0 bridgehead atoms. The second kappa shape index (κ2) is 15.6. The van der Waals surface area contributed by atoms with Gasteiger partial charge in [-0.05, 0) is 67.7 Å². The van der Waals surface area contributed by atoms with Crippen LogP contribution in [0.3, 0.4) is 0 Å². The Morgan fingerprint density at radius 3 is 2.44 bits per heavy atom. The number of aliphatic hydroxyl groups excluding tert-OH is 1. The van der Waals surface area contributed by atoms with Gasteiger partial charge in [0.05, 0.1) is 16.1 Å². The highest BCUT2D eigenvalue weighted by atomic mass is 35.5. The first kappa shape index (κ1) is 29.8. The maximum absolute atomic E-state index is 13.0. The lowest BCUT2D eigenvalue weighted by molar-refractivity contribution is -0.121. The number of alkyl halides is 1. The number of nitrogens with one attached hydrogen (secondary N) is 1. The van der Waals surface area contributed by atoms with Crippen LogP contribution in [0.2, 0.25) is 5.02 Å². The Hall–Kier alpha value is -2.27. The third-order valence-electron chi connectivity index (χ3n) is 4.95. The van der Waals surface area contributed by atoms with Gasteiger partial charge in [0.15, 0.2) is 0 Å². The van der Waals surface area contributed by atoms with Crippen LogP contribution < -0.4 is 5.32 Å². The van der Waals surface area contributed by atoms with Crippen LogP contribution in [-0.4, -0.2) is 23.5 Å². The van der Waals surface area contributed by atoms with E-state index in [1.165, 1.54) is 5.56 Å². The minimum atomic E-state index is -0.871. The Morgan fingerprint density at radius 2 is 1.82 bits per heavy atom. The summed E-state index contributed by atoms with van der Waals surface area (Å²) < 4.78 is 6.02. The second-order valence-corrected chi connectivity index (χ2v) is 8.74. The van der Waals surface area contributed by atoms with Crippen LogP contribution in [0.15, 0.2) is 66.5 Å². The molecule has 34 heavy (non-hydrogen) atoms. The van der Waals surface area contributed by atoms with Crippen molar-refractivity contribution in [2.75, 3.05) is 17.8 Å². The topological polar surface area (TPSA) is 58.6 Å². The van der Waals surface area contributed by atoms with Crippen LogP contribution in [0.1, 0.15) is 51.3 Å². The number of allylic oxidation sites excluding steroid dienone is 2. The van der Waals surface area contributed by atoms with Gasteiger partial charge < -0.3 is 15.2 Å². The van der Waals surface area contributed by atoms with Gasteiger partial charge in [0.25, 0.3) is 0 Å². The van der Waals surface area contributed by atoms with Crippen LogP contribution in [-0.2, 0) is 29.0 Å². The number of carbonyl (C=O) groups excluding carboxylic acids is 1. The fourth-order valence-electron chi connectivity index (χ4n) is 3.05. The number of amides is 1. The van der Waals surface area contributed by atoms with Gasteiger partial charge in [-0.1, -0.05) is 68.8 Å². The van der Waals surface area contributed by atoms with E-state index < -0.39 is 5.41 Å². The number of benzene rings is 2. The summed E-state index contributed by atoms with van der Waals surface area (Å²) in [6.45, 7) is 10.2. The summed E-state index contributed by atoms with van der Waals surface area (Å²) in [5.41, 5.74) is 2.87. The Labute approximate surface area is 214 Å². The molecule has 0 aliphatic carbocycles. The number of hydrogen-bond acceptors (Lipinski definition) is 3. The van der Waals surface area contributed by atoms with E-state index in [0.29, 0.717) is 35.4 Å². The van der Waals surface area contributed by atoms with E-state index in [9.17, 15) is 4.79 Å². The van der Waals surface area contributed by atoms with Gasteiger partial charge in [0, 0.05) is 12.5 Å². The molecule has 0 aliphatic rings. The van der Waals surface area contributed by atoms with Crippen LogP contribution in [0.5, 0.6) is 0 Å². The van der Waals surface area contributed by atoms with Crippen LogP contribution in [0.25, 0.3) is 0 Å². The average molecular weight is 507 g/mol. The van der Waals surface area contributed by atoms with Crippen molar-refractivity contribution in [2.45, 2.75) is 54.1 Å². The molecule has 2 N–H and O–H groups in total. The number of aryl methyl sites for hydroxylation is 1. The first-order valence-corrected chi connectivity index (χ1v) is 12.6. The Bertz CT molecular complexity index is 968. The van der Waals surface area contributed by atoms with Gasteiger partial charge in [0.2, 0.25) is 5.91 Å². The molecule has 0 radical (unpaired) electrons. The van der Waals surface area contributed by atoms with E-state index in [-0.39, 0.29) is 12.5 Å². The second-order valence-electron chi connectivity index (χ2n) is 8.03. The highest BCUT2D eigenvalue weighted by Crippen LogP contribution is 2.28. The molecule has 2 aromatic carbocycles. The van der Waals surface area contributed by atoms with Crippen molar-refractivity contribution in [1.82, 2.24) is 0 Å². The van der Waals surface area contributed by atoms with Crippen molar-refractivity contribution in [3.05, 3.63) is 88.2 Å². The fourth-order valence-corrected chi connectivity index (χ4v) is 3.39. The summed E-state index contributed by atoms with van der Waals surface area (Å²) in [6, 6.07) is 13.6. The molecule has 0 heterocycles. The van der Waals surface area contributed by atoms with Gasteiger partial charge in [-0.2, -0.15) is 0 Å². The fraction of sp³-hybridized carbons (Fsp3) is 0.393. The van der Waals surface area contributed by atoms with E-state index in [1.54, 1.807) is 30.4 Å². The summed E-state index contributed by atoms with van der Waals surface area (Å²) in [5, 5.41) is 12.4. The van der Waals surface area contributed by atoms with E-state index in [1.807, 2.05) is 45.9 Å². The highest BCUT2D eigenvalue weighted by Gasteiger charge is 2.27. The van der Waals surface area contributed by atoms with Gasteiger partial charge in [-0.25, -0.2) is 0 Å². The molecule has 0 spiro atoms. The van der Waals surface area contributed by atoms with Crippen molar-refractivity contribution in [1.29, 1.82) is 0 Å². The molecule has 4 nitrogen and oxygen atoms in total. The molecule has 0 aliphatic heterocycles. The Kier molecular flexibility index (Phi) is 13.7. The molecule has 2 rings (SSSR count). The Balaban J connectivity index is 0.00000281. The summed E-state index contributed by atoms with van der Waals surface area (Å²) in [5.74, 6) is 0.689. The zero-order valence-electron chi connectivity index (χ0n) is 20.8. The standard InChI is InChI=1S/C26H31Cl2NO3.C2H6/c1-4-19-7-5-8-21(15-19)18-32-22(9-6-13-27)17-26(2,3)25(31)29-24-11-10-20(12-14-30)16-23(24)28;1-2/h5-11,15-17,30H,4,12-14,18H2,1-3H3,(H,29,31);1-2H3/b9-6-,22-17+;. The first-order valence-electron chi connectivity index (χ1n) is 11.7. The van der Waals surface area contributed by atoms with Crippen LogP contribution in [0, 0.1) is 5.41 Å². The third-order valence-corrected chi connectivity index (χ3v) is 5.44. The lowest BCUT2D eigenvalue weighted by Crippen LogP contribution is -2.29. The molecule has 0 saturated carbocycles. The van der Waals surface area contributed by atoms with E-state index >= 15 is 0 Å². The smallest absolute Gasteiger partial charge is 0.234 e. The number of halogens is 2. The van der Waals surface area contributed by atoms with Gasteiger partial charge in [-0.3, -0.25) is 4.79 Å². The summed E-state index contributed by atoms with van der Waals surface area (Å²) >= 11 is 12.1. The van der Waals surface area contributed by atoms with E-state index in [4.69, 9.17) is 33.0 Å². The normalized spacial score (nSPS) is 11.7. The lowest BCUT2D eigenvalue weighted by Gasteiger charge is -2.22. The van der Waals surface area contributed by atoms with Crippen LogP contribution >= 0.6 is 23.2 Å². The minimum absolute atomic E-state index is 0.0429. The molecular formula is C28H37Cl2NO3. The molecule has 0 aromatic heterocycles. The largest absolute Gasteiger partial charge is 0.489 e. The average Bonchev–Trinajstić information content (AvgIpc) is 2.84. The van der Waals surface area contributed by atoms with E-state index in [0.717, 1.165) is 17.5 Å². The number of ether oxygens (including phenoxy) is 1. The first-order chi connectivity index (χ1) is 16.3. The number of rotatable bonds is 11. The maximum atomic E-state index is 13.0. The third kappa shape index (κ3) is 9.92. The molecular weight excluding hydrogens is 469 g/mol. The van der Waals surface area contributed by atoms with Crippen molar-refractivity contribution in [3.63, 3.8) is 0 Å². The molecule has 186 valence electrons. The zero-order valence-corrected chi connectivity index (χ0v) is 22.3. The quantitative estimate of drug-likeness (QED) is 0.191. The molecule has 0 fully saturated rings. The Morgan fingerprint density at radius 1 is 1.12 bits per heavy atom. The molecule has 1 amide bonds. The number of aliphatic hydroxyl groups is 1. The highest BCUT2D eigenvalue weighted by molar-refractivity contribution is 6.33. The van der Waals surface area contributed by atoms with Gasteiger partial charge in [-0.15, -0.1) is 11.6 Å². The van der Waals surface area contributed by atoms with Crippen LogP contribution in [0.4, 0.5) is 5.69 Å². The van der Waals surface area contributed by atoms with Gasteiger partial charge in [0.1, 0.15) is 12.4 Å². The van der Waals surface area contributed by atoms with E-state index in [2.05, 4.69) is 24.4 Å². The number of hydrogen-bond donors (Lipinski definition) is 2. The molecule has 0 atom stereocenters. The number of anilines is 1. The predicted octanol–water partition coefficient (Wildman–Crippen LogP) is 7.32. The molecule has 2 aromatic rings. The SMILES string of the molecule is CC.CCc1cccc(COC(/C=C\CCl)=C/C(C)(C)C(=O)Nc2ccc(CCO)cc2Cl)c1. The van der Waals surface area contributed by atoms with Crippen molar-refractivity contribution < 1.29 is 14.6 Å². The van der Waals surface area contributed by atoms with Gasteiger partial charge >= 0.3 is 0 Å². The summed E-state index contributed by atoms with van der Waals surface area (Å²) in [4.78, 5) is 13.0. The molecule has 0 unspecified atom stereocenters. The van der Waals surface area contributed by atoms with Crippen molar-refractivity contribution in [2.24, 2.45) is 5.41 Å². The van der Waals surface area contributed by atoms with Crippen molar-refractivity contribution in [3.8, 4) is 0 Å². The molecule has 0 saturated heterocycles. The minimum Gasteiger partial charge on any atom is -0.489 e. The lowest BCUT2D eigenvalue weighted by atomic mass is 9.91. The zero-order chi connectivity index (χ0) is 25.6. The summed E-state index contributed by atoms with van der Waals surface area (Å²) in [7, 11) is 0. The predicted molar refractivity (Wildman–Crippen MR) is 145 cm³/mol. The maximum Gasteiger partial charge on any atom is 0.234 e. The molecule has 6 heteroatoms.